The normalized spacial score (nSPS) is 16.0. The largest absolute Gasteiger partial charge is 0.337 e. The van der Waals surface area contributed by atoms with Crippen molar-refractivity contribution in [3.05, 3.63) is 41.2 Å². The minimum absolute atomic E-state index is 0.0747. The van der Waals surface area contributed by atoms with Crippen LogP contribution in [0, 0.1) is 11.7 Å². The maximum absolute atomic E-state index is 13.8. The molecule has 0 atom stereocenters. The Morgan fingerprint density at radius 1 is 1.36 bits per heavy atom. The van der Waals surface area contributed by atoms with Gasteiger partial charge in [-0.15, -0.1) is 11.3 Å². The number of nitrogens with two attached hydrogens (primary N) is 1. The minimum Gasteiger partial charge on any atom is -0.337 e. The Balaban J connectivity index is 1.74. The highest BCUT2D eigenvalue weighted by molar-refractivity contribution is 7.13. The molecule has 0 aliphatic carbocycles. The molecule has 1 amide bonds. The van der Waals surface area contributed by atoms with Crippen LogP contribution in [0.2, 0.25) is 0 Å². The van der Waals surface area contributed by atoms with Gasteiger partial charge in [0.05, 0.1) is 0 Å². The SMILES string of the molecule is NCC1CCN(C(=O)c2csc(-c3ccccc3F)n2)CC1. The molecule has 22 heavy (non-hydrogen) atoms. The number of halogens is 1. The van der Waals surface area contributed by atoms with Gasteiger partial charge < -0.3 is 10.6 Å². The number of nitrogens with zero attached hydrogens (tertiary/aromatic N) is 2. The van der Waals surface area contributed by atoms with Gasteiger partial charge in [-0.2, -0.15) is 0 Å². The summed E-state index contributed by atoms with van der Waals surface area (Å²) in [5.74, 6) is 0.113. The number of carbonyl (C=O) groups is 1. The molecule has 1 fully saturated rings. The van der Waals surface area contributed by atoms with Gasteiger partial charge in [-0.25, -0.2) is 9.37 Å². The molecular weight excluding hydrogens is 301 g/mol. The van der Waals surface area contributed by atoms with E-state index >= 15 is 0 Å². The monoisotopic (exact) mass is 319 g/mol. The molecule has 1 aliphatic rings. The Labute approximate surface area is 132 Å². The van der Waals surface area contributed by atoms with E-state index in [1.165, 1.54) is 17.4 Å². The van der Waals surface area contributed by atoms with Crippen molar-refractivity contribution in [1.82, 2.24) is 9.88 Å². The molecule has 0 saturated carbocycles. The van der Waals surface area contributed by atoms with Crippen LogP contribution in [-0.4, -0.2) is 35.4 Å². The molecule has 0 spiro atoms. The molecule has 3 rings (SSSR count). The molecule has 116 valence electrons. The molecule has 6 heteroatoms. The predicted octanol–water partition coefficient (Wildman–Crippen LogP) is 2.76. The van der Waals surface area contributed by atoms with Crippen LogP contribution in [0.1, 0.15) is 23.3 Å². The van der Waals surface area contributed by atoms with E-state index in [0.717, 1.165) is 12.8 Å². The van der Waals surface area contributed by atoms with Gasteiger partial charge in [0.2, 0.25) is 0 Å². The summed E-state index contributed by atoms with van der Waals surface area (Å²) in [5, 5.41) is 2.25. The van der Waals surface area contributed by atoms with Crippen LogP contribution >= 0.6 is 11.3 Å². The van der Waals surface area contributed by atoms with E-state index in [1.807, 2.05) is 4.90 Å². The second-order valence-corrected chi connectivity index (χ2v) is 6.35. The molecular formula is C16H18FN3OS. The summed E-state index contributed by atoms with van der Waals surface area (Å²) in [6.45, 7) is 2.11. The summed E-state index contributed by atoms with van der Waals surface area (Å²) in [5.41, 5.74) is 6.50. The van der Waals surface area contributed by atoms with Gasteiger partial charge in [0.1, 0.15) is 16.5 Å². The average molecular weight is 319 g/mol. The molecule has 1 saturated heterocycles. The van der Waals surface area contributed by atoms with E-state index in [-0.39, 0.29) is 11.7 Å². The smallest absolute Gasteiger partial charge is 0.273 e. The molecule has 2 aromatic rings. The van der Waals surface area contributed by atoms with Gasteiger partial charge in [-0.05, 0) is 37.4 Å². The van der Waals surface area contributed by atoms with Crippen LogP contribution in [-0.2, 0) is 0 Å². The molecule has 4 nitrogen and oxygen atoms in total. The van der Waals surface area contributed by atoms with Crippen molar-refractivity contribution in [2.75, 3.05) is 19.6 Å². The second-order valence-electron chi connectivity index (χ2n) is 5.49. The lowest BCUT2D eigenvalue weighted by molar-refractivity contribution is 0.0688. The van der Waals surface area contributed by atoms with Gasteiger partial charge in [0.25, 0.3) is 5.91 Å². The lowest BCUT2D eigenvalue weighted by atomic mass is 9.97. The van der Waals surface area contributed by atoms with Crippen molar-refractivity contribution in [3.8, 4) is 10.6 Å². The first-order valence-electron chi connectivity index (χ1n) is 7.39. The number of hydrogen-bond acceptors (Lipinski definition) is 4. The van der Waals surface area contributed by atoms with Crippen molar-refractivity contribution in [2.24, 2.45) is 11.7 Å². The Kier molecular flexibility index (Phi) is 4.49. The summed E-state index contributed by atoms with van der Waals surface area (Å²) in [7, 11) is 0. The zero-order valence-electron chi connectivity index (χ0n) is 12.2. The fourth-order valence-corrected chi connectivity index (χ4v) is 3.48. The summed E-state index contributed by atoms with van der Waals surface area (Å²) in [6, 6.07) is 6.48. The fourth-order valence-electron chi connectivity index (χ4n) is 2.66. The van der Waals surface area contributed by atoms with Crippen molar-refractivity contribution in [2.45, 2.75) is 12.8 Å². The van der Waals surface area contributed by atoms with E-state index in [0.29, 0.717) is 41.8 Å². The Hall–Kier alpha value is -1.79. The number of carbonyl (C=O) groups excluding carboxylic acids is 1. The van der Waals surface area contributed by atoms with Crippen molar-refractivity contribution < 1.29 is 9.18 Å². The molecule has 2 N–H and O–H groups in total. The van der Waals surface area contributed by atoms with Crippen molar-refractivity contribution in [1.29, 1.82) is 0 Å². The van der Waals surface area contributed by atoms with Gasteiger partial charge in [-0.3, -0.25) is 4.79 Å². The zero-order chi connectivity index (χ0) is 15.5. The zero-order valence-corrected chi connectivity index (χ0v) is 13.0. The summed E-state index contributed by atoms with van der Waals surface area (Å²) < 4.78 is 13.8. The maximum Gasteiger partial charge on any atom is 0.273 e. The number of piperidine rings is 1. The van der Waals surface area contributed by atoms with E-state index in [2.05, 4.69) is 4.98 Å². The molecule has 1 aliphatic heterocycles. The third-order valence-corrected chi connectivity index (χ3v) is 4.94. The van der Waals surface area contributed by atoms with E-state index in [1.54, 1.807) is 23.6 Å². The van der Waals surface area contributed by atoms with Crippen molar-refractivity contribution >= 4 is 17.2 Å². The average Bonchev–Trinajstić information content (AvgIpc) is 3.04. The maximum atomic E-state index is 13.8. The van der Waals surface area contributed by atoms with Gasteiger partial charge in [0.15, 0.2) is 0 Å². The molecule has 0 unspecified atom stereocenters. The number of rotatable bonds is 3. The van der Waals surface area contributed by atoms with Crippen LogP contribution < -0.4 is 5.73 Å². The van der Waals surface area contributed by atoms with Crippen LogP contribution in [0.5, 0.6) is 0 Å². The van der Waals surface area contributed by atoms with E-state index < -0.39 is 0 Å². The molecule has 1 aromatic carbocycles. The first kappa shape index (κ1) is 15.1. The number of amides is 1. The quantitative estimate of drug-likeness (QED) is 0.946. The van der Waals surface area contributed by atoms with Crippen molar-refractivity contribution in [3.63, 3.8) is 0 Å². The number of benzene rings is 1. The number of likely N-dealkylation sites (tertiary alicyclic amines) is 1. The highest BCUT2D eigenvalue weighted by Gasteiger charge is 2.24. The third-order valence-electron chi connectivity index (χ3n) is 4.06. The molecule has 2 heterocycles. The predicted molar refractivity (Wildman–Crippen MR) is 85.2 cm³/mol. The summed E-state index contributed by atoms with van der Waals surface area (Å²) in [6.07, 6.45) is 1.87. The first-order chi connectivity index (χ1) is 10.7. The van der Waals surface area contributed by atoms with Gasteiger partial charge in [-0.1, -0.05) is 12.1 Å². The van der Waals surface area contributed by atoms with Crippen LogP contribution in [0.4, 0.5) is 4.39 Å². The Morgan fingerprint density at radius 2 is 2.09 bits per heavy atom. The summed E-state index contributed by atoms with van der Waals surface area (Å²) in [4.78, 5) is 18.6. The van der Waals surface area contributed by atoms with Gasteiger partial charge in [0, 0.05) is 24.0 Å². The van der Waals surface area contributed by atoms with E-state index in [9.17, 15) is 9.18 Å². The second kappa shape index (κ2) is 6.54. The highest BCUT2D eigenvalue weighted by atomic mass is 32.1. The highest BCUT2D eigenvalue weighted by Crippen LogP contribution is 2.27. The number of thiazole rings is 1. The Bertz CT molecular complexity index is 665. The number of hydrogen-bond donors (Lipinski definition) is 1. The molecule has 0 radical (unpaired) electrons. The molecule has 1 aromatic heterocycles. The van der Waals surface area contributed by atoms with Crippen LogP contribution in [0.15, 0.2) is 29.6 Å². The fraction of sp³-hybridized carbons (Fsp3) is 0.375. The van der Waals surface area contributed by atoms with Crippen LogP contribution in [0.3, 0.4) is 0 Å². The number of aromatic nitrogens is 1. The Morgan fingerprint density at radius 3 is 2.77 bits per heavy atom. The van der Waals surface area contributed by atoms with Crippen LogP contribution in [0.25, 0.3) is 10.6 Å². The topological polar surface area (TPSA) is 59.2 Å². The van der Waals surface area contributed by atoms with E-state index in [4.69, 9.17) is 5.73 Å². The minimum atomic E-state index is -0.320. The summed E-state index contributed by atoms with van der Waals surface area (Å²) >= 11 is 1.30. The lowest BCUT2D eigenvalue weighted by Crippen LogP contribution is -2.40. The first-order valence-corrected chi connectivity index (χ1v) is 8.26. The molecule has 0 bridgehead atoms. The standard InChI is InChI=1S/C16H18FN3OS/c17-13-4-2-1-3-12(13)15-19-14(10-22-15)16(21)20-7-5-11(9-18)6-8-20/h1-4,10-11H,5-9,18H2. The van der Waals surface area contributed by atoms with Gasteiger partial charge >= 0.3 is 0 Å². The third kappa shape index (κ3) is 3.03. The lowest BCUT2D eigenvalue weighted by Gasteiger charge is -2.30.